The lowest BCUT2D eigenvalue weighted by molar-refractivity contribution is 0.209. The summed E-state index contributed by atoms with van der Waals surface area (Å²) in [6, 6.07) is 12.6. The predicted molar refractivity (Wildman–Crippen MR) is 137 cm³/mol. The number of hydrogen-bond acceptors (Lipinski definition) is 6. The average Bonchev–Trinajstić information content (AvgIpc) is 3.21. The van der Waals surface area contributed by atoms with Crippen molar-refractivity contribution in [3.8, 4) is 11.4 Å². The summed E-state index contributed by atoms with van der Waals surface area (Å²) in [5.74, 6) is 0.487. The van der Waals surface area contributed by atoms with E-state index in [1.54, 1.807) is 0 Å². The molecule has 0 radical (unpaired) electrons. The molecule has 0 bridgehead atoms. The van der Waals surface area contributed by atoms with E-state index in [4.69, 9.17) is 10.7 Å². The number of nitrogens with one attached hydrogen (secondary N) is 2. The normalized spacial score (nSPS) is 15.1. The van der Waals surface area contributed by atoms with Crippen LogP contribution >= 0.6 is 0 Å². The van der Waals surface area contributed by atoms with Crippen LogP contribution in [0, 0.1) is 0 Å². The maximum absolute atomic E-state index is 13.0. The van der Waals surface area contributed by atoms with Crippen LogP contribution in [-0.4, -0.2) is 66.2 Å². The van der Waals surface area contributed by atoms with E-state index in [1.165, 1.54) is 0 Å². The van der Waals surface area contributed by atoms with Crippen LogP contribution < -0.4 is 21.1 Å². The summed E-state index contributed by atoms with van der Waals surface area (Å²) < 4.78 is 0. The minimum atomic E-state index is -0.250. The number of imidazole rings is 1. The number of nitrogens with two attached hydrogens (primary N) is 1. The van der Waals surface area contributed by atoms with Crippen LogP contribution in [0.15, 0.2) is 41.2 Å². The standard InChI is InChI=1S/C25H31N7O/c1-15(2)31-10-12-32(13-11-31)16-8-9-17-19(14-16)28-24(27-17)22-23(26)21-18(29-25(22)33)6-5-7-20(21)30(3)4/h5-9,14-15H,10-13H2,1-4H3,(H,27,28)(H3,26,29,33). The summed E-state index contributed by atoms with van der Waals surface area (Å²) in [6.45, 7) is 8.60. The molecule has 3 heterocycles. The third-order valence-corrected chi connectivity index (χ3v) is 6.65. The Bertz CT molecular complexity index is 1380. The Labute approximate surface area is 193 Å². The molecule has 4 aromatic rings. The predicted octanol–water partition coefficient (Wildman–Crippen LogP) is 3.25. The summed E-state index contributed by atoms with van der Waals surface area (Å²) in [7, 11) is 3.92. The van der Waals surface area contributed by atoms with E-state index in [0.717, 1.165) is 54.0 Å². The first-order valence-electron chi connectivity index (χ1n) is 11.4. The Morgan fingerprint density at radius 3 is 2.48 bits per heavy atom. The van der Waals surface area contributed by atoms with Crippen LogP contribution in [0.4, 0.5) is 17.1 Å². The Hall–Kier alpha value is -3.52. The second kappa shape index (κ2) is 8.12. The first-order valence-corrected chi connectivity index (χ1v) is 11.4. The molecule has 2 aromatic heterocycles. The van der Waals surface area contributed by atoms with E-state index in [-0.39, 0.29) is 5.56 Å². The second-order valence-electron chi connectivity index (χ2n) is 9.24. The number of nitrogen functional groups attached to an aromatic ring is 1. The van der Waals surface area contributed by atoms with Crippen molar-refractivity contribution in [2.75, 3.05) is 55.8 Å². The Balaban J connectivity index is 1.55. The SMILES string of the molecule is CC(C)N1CCN(c2ccc3nc(-c4c(N)c5c(N(C)C)cccc5[nH]c4=O)[nH]c3c2)CC1. The van der Waals surface area contributed by atoms with E-state index >= 15 is 0 Å². The number of benzene rings is 2. The smallest absolute Gasteiger partial charge is 0.261 e. The van der Waals surface area contributed by atoms with Gasteiger partial charge in [-0.1, -0.05) is 6.07 Å². The number of nitrogens with zero attached hydrogens (tertiary/aromatic N) is 4. The molecule has 172 valence electrons. The molecule has 8 heteroatoms. The molecule has 1 saturated heterocycles. The van der Waals surface area contributed by atoms with Gasteiger partial charge in [-0.15, -0.1) is 0 Å². The first-order chi connectivity index (χ1) is 15.8. The summed E-state index contributed by atoms with van der Waals surface area (Å²) in [4.78, 5) is 30.9. The van der Waals surface area contributed by atoms with Gasteiger partial charge < -0.3 is 25.5 Å². The van der Waals surface area contributed by atoms with Crippen LogP contribution in [0.1, 0.15) is 13.8 Å². The fourth-order valence-electron chi connectivity index (χ4n) is 4.78. The molecule has 0 spiro atoms. The lowest BCUT2D eigenvalue weighted by atomic mass is 10.1. The van der Waals surface area contributed by atoms with Gasteiger partial charge >= 0.3 is 0 Å². The zero-order valence-corrected chi connectivity index (χ0v) is 19.6. The highest BCUT2D eigenvalue weighted by molar-refractivity contribution is 6.05. The molecule has 2 aromatic carbocycles. The van der Waals surface area contributed by atoms with Crippen LogP contribution in [0.3, 0.4) is 0 Å². The Morgan fingerprint density at radius 2 is 1.79 bits per heavy atom. The van der Waals surface area contributed by atoms with E-state index in [9.17, 15) is 4.79 Å². The largest absolute Gasteiger partial charge is 0.397 e. The quantitative estimate of drug-likeness (QED) is 0.446. The van der Waals surface area contributed by atoms with E-state index in [2.05, 4.69) is 45.7 Å². The number of aromatic amines is 2. The molecule has 8 nitrogen and oxygen atoms in total. The third-order valence-electron chi connectivity index (χ3n) is 6.65. The summed E-state index contributed by atoms with van der Waals surface area (Å²) >= 11 is 0. The molecule has 1 fully saturated rings. The van der Waals surface area contributed by atoms with Crippen molar-refractivity contribution in [2.24, 2.45) is 0 Å². The number of aromatic nitrogens is 3. The van der Waals surface area contributed by atoms with Crippen molar-refractivity contribution in [3.05, 3.63) is 46.8 Å². The highest BCUT2D eigenvalue weighted by Gasteiger charge is 2.21. The molecule has 0 amide bonds. The maximum atomic E-state index is 13.0. The molecule has 0 unspecified atom stereocenters. The minimum absolute atomic E-state index is 0.250. The summed E-state index contributed by atoms with van der Waals surface area (Å²) in [6.07, 6.45) is 0. The van der Waals surface area contributed by atoms with Gasteiger partial charge in [0, 0.05) is 63.1 Å². The number of anilines is 3. The molecule has 0 atom stereocenters. The van der Waals surface area contributed by atoms with Gasteiger partial charge in [0.15, 0.2) is 0 Å². The molecule has 4 N–H and O–H groups in total. The van der Waals surface area contributed by atoms with Crippen molar-refractivity contribution in [1.29, 1.82) is 0 Å². The van der Waals surface area contributed by atoms with Crippen molar-refractivity contribution < 1.29 is 0 Å². The van der Waals surface area contributed by atoms with Gasteiger partial charge in [-0.05, 0) is 44.2 Å². The van der Waals surface area contributed by atoms with Crippen molar-refractivity contribution in [3.63, 3.8) is 0 Å². The van der Waals surface area contributed by atoms with Gasteiger partial charge in [0.2, 0.25) is 0 Å². The van der Waals surface area contributed by atoms with Gasteiger partial charge in [0.1, 0.15) is 11.4 Å². The van der Waals surface area contributed by atoms with E-state index < -0.39 is 0 Å². The van der Waals surface area contributed by atoms with Crippen molar-refractivity contribution in [2.45, 2.75) is 19.9 Å². The van der Waals surface area contributed by atoms with Crippen LogP contribution in [0.25, 0.3) is 33.3 Å². The fraction of sp³-hybridized carbons (Fsp3) is 0.360. The molecule has 5 rings (SSSR count). The monoisotopic (exact) mass is 445 g/mol. The molecule has 0 saturated carbocycles. The lowest BCUT2D eigenvalue weighted by Crippen LogP contribution is -2.48. The number of pyridine rings is 1. The molecule has 33 heavy (non-hydrogen) atoms. The van der Waals surface area contributed by atoms with Gasteiger partial charge in [-0.2, -0.15) is 0 Å². The lowest BCUT2D eigenvalue weighted by Gasteiger charge is -2.38. The highest BCUT2D eigenvalue weighted by atomic mass is 16.1. The molecule has 0 aliphatic carbocycles. The number of rotatable bonds is 4. The zero-order valence-electron chi connectivity index (χ0n) is 19.6. The number of piperazine rings is 1. The highest BCUT2D eigenvalue weighted by Crippen LogP contribution is 2.34. The van der Waals surface area contributed by atoms with Gasteiger partial charge in [-0.25, -0.2) is 4.98 Å². The molecule has 1 aliphatic heterocycles. The van der Waals surface area contributed by atoms with E-state index in [0.29, 0.717) is 28.6 Å². The minimum Gasteiger partial charge on any atom is -0.397 e. The van der Waals surface area contributed by atoms with Crippen molar-refractivity contribution >= 4 is 39.0 Å². The van der Waals surface area contributed by atoms with E-state index in [1.807, 2.05) is 43.3 Å². The Morgan fingerprint density at radius 1 is 1.03 bits per heavy atom. The van der Waals surface area contributed by atoms with Crippen LogP contribution in [0.5, 0.6) is 0 Å². The Kier molecular flexibility index (Phi) is 5.25. The first kappa shape index (κ1) is 21.3. The van der Waals surface area contributed by atoms with Crippen LogP contribution in [-0.2, 0) is 0 Å². The third kappa shape index (κ3) is 3.70. The van der Waals surface area contributed by atoms with Gasteiger partial charge in [-0.3, -0.25) is 9.69 Å². The zero-order chi connectivity index (χ0) is 23.3. The fourth-order valence-corrected chi connectivity index (χ4v) is 4.78. The summed E-state index contributed by atoms with van der Waals surface area (Å²) in [5.41, 5.74) is 11.7. The number of H-pyrrole nitrogens is 2. The van der Waals surface area contributed by atoms with Gasteiger partial charge in [0.05, 0.1) is 22.2 Å². The second-order valence-corrected chi connectivity index (χ2v) is 9.24. The maximum Gasteiger partial charge on any atom is 0.261 e. The molecule has 1 aliphatic rings. The topological polar surface area (TPSA) is 97.3 Å². The molecular weight excluding hydrogens is 414 g/mol. The van der Waals surface area contributed by atoms with Crippen LogP contribution in [0.2, 0.25) is 0 Å². The number of fused-ring (bicyclic) bond motifs is 2. The summed E-state index contributed by atoms with van der Waals surface area (Å²) in [5, 5.41) is 0.821. The molecular formula is C25H31N7O. The number of hydrogen-bond donors (Lipinski definition) is 3. The van der Waals surface area contributed by atoms with Gasteiger partial charge in [0.25, 0.3) is 5.56 Å². The average molecular weight is 446 g/mol. The van der Waals surface area contributed by atoms with Crippen molar-refractivity contribution in [1.82, 2.24) is 19.9 Å².